The van der Waals surface area contributed by atoms with E-state index in [2.05, 4.69) is 5.32 Å². The second-order valence-electron chi connectivity index (χ2n) is 10.9. The van der Waals surface area contributed by atoms with Crippen molar-refractivity contribution in [3.05, 3.63) is 88.9 Å². The Labute approximate surface area is 253 Å². The first kappa shape index (κ1) is 32.8. The fourth-order valence-corrected chi connectivity index (χ4v) is 5.48. The molecule has 0 saturated carbocycles. The second-order valence-corrected chi connectivity index (χ2v) is 13.2. The van der Waals surface area contributed by atoms with E-state index in [9.17, 15) is 18.0 Å². The average Bonchev–Trinajstić information content (AvgIpc) is 2.92. The summed E-state index contributed by atoms with van der Waals surface area (Å²) in [7, 11) is -1.13. The number of sulfonamides is 1. The molecule has 3 aromatic rings. The van der Waals surface area contributed by atoms with Gasteiger partial charge in [0, 0.05) is 29.6 Å². The smallest absolute Gasteiger partial charge is 0.244 e. The summed E-state index contributed by atoms with van der Waals surface area (Å²) in [4.78, 5) is 29.5. The zero-order valence-electron chi connectivity index (χ0n) is 24.8. The highest BCUT2D eigenvalue weighted by Crippen LogP contribution is 2.34. The summed E-state index contributed by atoms with van der Waals surface area (Å²) in [6, 6.07) is 20.0. The lowest BCUT2D eigenvalue weighted by atomic mass is 10.0. The first-order chi connectivity index (χ1) is 19.7. The number of methoxy groups -OCH3 is 2. The molecule has 2 amide bonds. The van der Waals surface area contributed by atoms with Crippen molar-refractivity contribution in [3.63, 3.8) is 0 Å². The summed E-state index contributed by atoms with van der Waals surface area (Å²) in [5, 5.41) is 3.46. The molecule has 42 heavy (non-hydrogen) atoms. The van der Waals surface area contributed by atoms with Crippen LogP contribution >= 0.6 is 11.6 Å². The third-order valence-corrected chi connectivity index (χ3v) is 7.71. The van der Waals surface area contributed by atoms with Crippen LogP contribution in [0, 0.1) is 0 Å². The van der Waals surface area contributed by atoms with Gasteiger partial charge in [0.15, 0.2) is 0 Å². The highest BCUT2D eigenvalue weighted by molar-refractivity contribution is 7.92. The van der Waals surface area contributed by atoms with Crippen molar-refractivity contribution in [1.29, 1.82) is 0 Å². The summed E-state index contributed by atoms with van der Waals surface area (Å²) in [5.74, 6) is -0.335. The summed E-state index contributed by atoms with van der Waals surface area (Å²) in [5.41, 5.74) is 1.07. The number of nitrogens with zero attached hydrogens (tertiary/aromatic N) is 2. The number of anilines is 1. The Bertz CT molecular complexity index is 1490. The van der Waals surface area contributed by atoms with Gasteiger partial charge in [-0.1, -0.05) is 54.1 Å². The van der Waals surface area contributed by atoms with Crippen LogP contribution in [0.15, 0.2) is 72.8 Å². The van der Waals surface area contributed by atoms with Crippen LogP contribution in [0.2, 0.25) is 5.02 Å². The molecule has 0 aliphatic carbocycles. The van der Waals surface area contributed by atoms with Crippen LogP contribution in [0.25, 0.3) is 0 Å². The summed E-state index contributed by atoms with van der Waals surface area (Å²) in [6.07, 6.45) is 1.21. The Morgan fingerprint density at radius 3 is 2.17 bits per heavy atom. The number of carbonyl (C=O) groups excluding carboxylic acids is 2. The Morgan fingerprint density at radius 2 is 1.60 bits per heavy atom. The van der Waals surface area contributed by atoms with E-state index in [1.165, 1.54) is 25.2 Å². The van der Waals surface area contributed by atoms with E-state index >= 15 is 0 Å². The van der Waals surface area contributed by atoms with E-state index in [1.807, 2.05) is 51.1 Å². The van der Waals surface area contributed by atoms with Gasteiger partial charge in [-0.15, -0.1) is 0 Å². The Kier molecular flexibility index (Phi) is 10.9. The van der Waals surface area contributed by atoms with Crippen LogP contribution in [0.5, 0.6) is 11.5 Å². The average molecular weight is 616 g/mol. The maximum atomic E-state index is 14.3. The topological polar surface area (TPSA) is 105 Å². The van der Waals surface area contributed by atoms with E-state index in [-0.39, 0.29) is 30.3 Å². The van der Waals surface area contributed by atoms with Crippen LogP contribution < -0.4 is 19.1 Å². The first-order valence-corrected chi connectivity index (χ1v) is 15.5. The molecule has 1 atom stereocenters. The molecule has 0 fully saturated rings. The van der Waals surface area contributed by atoms with Crippen molar-refractivity contribution in [2.24, 2.45) is 0 Å². The number of rotatable bonds is 12. The number of nitrogens with one attached hydrogen (secondary N) is 1. The van der Waals surface area contributed by atoms with Gasteiger partial charge in [0.1, 0.15) is 24.1 Å². The SMILES string of the molecule is COc1ccc(OC)c(N(CC(=O)N(Cc2cccc(Cl)c2)C(Cc2ccccc2)C(=O)NC(C)(C)C)S(C)(=O)=O)c1. The minimum Gasteiger partial charge on any atom is -0.497 e. The van der Waals surface area contributed by atoms with Gasteiger partial charge in [-0.25, -0.2) is 8.42 Å². The lowest BCUT2D eigenvalue weighted by molar-refractivity contribution is -0.140. The summed E-state index contributed by atoms with van der Waals surface area (Å²) in [6.45, 7) is 4.99. The lowest BCUT2D eigenvalue weighted by Crippen LogP contribution is -2.56. The Morgan fingerprint density at radius 1 is 0.929 bits per heavy atom. The van der Waals surface area contributed by atoms with Crippen LogP contribution in [0.1, 0.15) is 31.9 Å². The molecule has 0 bridgehead atoms. The number of carbonyl (C=O) groups is 2. The molecular weight excluding hydrogens is 578 g/mol. The zero-order chi connectivity index (χ0) is 31.1. The van der Waals surface area contributed by atoms with Gasteiger partial charge in [0.25, 0.3) is 0 Å². The largest absolute Gasteiger partial charge is 0.497 e. The molecule has 3 aromatic carbocycles. The molecule has 0 aliphatic rings. The van der Waals surface area contributed by atoms with Gasteiger partial charge in [-0.3, -0.25) is 13.9 Å². The van der Waals surface area contributed by atoms with Crippen molar-refractivity contribution in [2.45, 2.75) is 45.3 Å². The molecule has 1 unspecified atom stereocenters. The number of amides is 2. The maximum absolute atomic E-state index is 14.3. The number of hydrogen-bond donors (Lipinski definition) is 1. The molecule has 226 valence electrons. The Hall–Kier alpha value is -3.76. The molecule has 1 N–H and O–H groups in total. The molecule has 0 spiro atoms. The fraction of sp³-hybridized carbons (Fsp3) is 0.355. The predicted molar refractivity (Wildman–Crippen MR) is 166 cm³/mol. The van der Waals surface area contributed by atoms with Gasteiger partial charge in [0.2, 0.25) is 21.8 Å². The van der Waals surface area contributed by atoms with Crippen molar-refractivity contribution < 1.29 is 27.5 Å². The van der Waals surface area contributed by atoms with Gasteiger partial charge < -0.3 is 19.7 Å². The first-order valence-electron chi connectivity index (χ1n) is 13.3. The minimum absolute atomic E-state index is 0.0152. The van der Waals surface area contributed by atoms with Crippen molar-refractivity contribution >= 4 is 39.1 Å². The number of halogens is 1. The van der Waals surface area contributed by atoms with Gasteiger partial charge in [-0.2, -0.15) is 0 Å². The number of hydrogen-bond acceptors (Lipinski definition) is 6. The van der Waals surface area contributed by atoms with E-state index in [0.717, 1.165) is 16.1 Å². The number of ether oxygens (including phenoxy) is 2. The van der Waals surface area contributed by atoms with Crippen LogP contribution in [-0.2, 0) is 32.6 Å². The fourth-order valence-electron chi connectivity index (χ4n) is 4.43. The molecule has 0 aliphatic heterocycles. The van der Waals surface area contributed by atoms with Crippen molar-refractivity contribution in [2.75, 3.05) is 31.3 Å². The molecule has 0 aromatic heterocycles. The standard InChI is InChI=1S/C31H38ClN3O6S/c1-31(2,3)33-30(37)27(18-22-11-8-7-9-12-22)34(20-23-13-10-14-24(32)17-23)29(36)21-35(42(6,38)39)26-19-25(40-4)15-16-28(26)41-5/h7-17,19,27H,18,20-21H2,1-6H3,(H,33,37). The molecule has 0 saturated heterocycles. The minimum atomic E-state index is -3.99. The van der Waals surface area contributed by atoms with Crippen molar-refractivity contribution in [1.82, 2.24) is 10.2 Å². The molecule has 3 rings (SSSR count). The van der Waals surface area contributed by atoms with Gasteiger partial charge in [0.05, 0.1) is 26.2 Å². The predicted octanol–water partition coefficient (Wildman–Crippen LogP) is 4.68. The molecule has 0 heterocycles. The van der Waals surface area contributed by atoms with Crippen LogP contribution in [0.3, 0.4) is 0 Å². The second kappa shape index (κ2) is 13.9. The zero-order valence-corrected chi connectivity index (χ0v) is 26.3. The number of benzene rings is 3. The Balaban J connectivity index is 2.13. The van der Waals surface area contributed by atoms with Gasteiger partial charge >= 0.3 is 0 Å². The molecule has 11 heteroatoms. The highest BCUT2D eigenvalue weighted by atomic mass is 35.5. The normalized spacial score (nSPS) is 12.3. The summed E-state index contributed by atoms with van der Waals surface area (Å²) < 4.78 is 37.9. The monoisotopic (exact) mass is 615 g/mol. The molecule has 9 nitrogen and oxygen atoms in total. The molecule has 0 radical (unpaired) electrons. The van der Waals surface area contributed by atoms with Gasteiger partial charge in [-0.05, 0) is 56.2 Å². The van der Waals surface area contributed by atoms with E-state index in [1.54, 1.807) is 36.4 Å². The van der Waals surface area contributed by atoms with Crippen molar-refractivity contribution in [3.8, 4) is 11.5 Å². The highest BCUT2D eigenvalue weighted by Gasteiger charge is 2.35. The van der Waals surface area contributed by atoms with E-state index < -0.39 is 34.1 Å². The van der Waals surface area contributed by atoms with E-state index in [0.29, 0.717) is 16.3 Å². The molecular formula is C31H38ClN3O6S. The quantitative estimate of drug-likeness (QED) is 0.317. The van der Waals surface area contributed by atoms with Crippen LogP contribution in [0.4, 0.5) is 5.69 Å². The maximum Gasteiger partial charge on any atom is 0.244 e. The van der Waals surface area contributed by atoms with Crippen LogP contribution in [-0.4, -0.2) is 63.7 Å². The van der Waals surface area contributed by atoms with E-state index in [4.69, 9.17) is 21.1 Å². The third-order valence-electron chi connectivity index (χ3n) is 6.35. The summed E-state index contributed by atoms with van der Waals surface area (Å²) >= 11 is 6.26. The third kappa shape index (κ3) is 9.12. The lowest BCUT2D eigenvalue weighted by Gasteiger charge is -2.35.